The van der Waals surface area contributed by atoms with Gasteiger partial charge in [0.2, 0.25) is 0 Å². The lowest BCUT2D eigenvalue weighted by Crippen LogP contribution is -2.33. The number of aromatic nitrogens is 4. The van der Waals surface area contributed by atoms with E-state index in [4.69, 9.17) is 15.3 Å². The number of pyridine rings is 2. The second-order valence-electron chi connectivity index (χ2n) is 6.89. The number of fused-ring (bicyclic) bond motifs is 1. The Balaban J connectivity index is 1.69. The highest BCUT2D eigenvalue weighted by atomic mass is 16.7. The van der Waals surface area contributed by atoms with Gasteiger partial charge in [0.15, 0.2) is 11.3 Å². The molecule has 0 atom stereocenters. The maximum atomic E-state index is 13.1. The van der Waals surface area contributed by atoms with Crippen molar-refractivity contribution >= 4 is 16.9 Å². The van der Waals surface area contributed by atoms with Gasteiger partial charge in [-0.15, -0.1) is 4.73 Å². The summed E-state index contributed by atoms with van der Waals surface area (Å²) in [6.07, 6.45) is 5.23. The SMILES string of the molecule is Cc1ccc(Cn2c(=O)n(OCC3CCOCC3)c3c(N)nccc32)cn1. The largest absolute Gasteiger partial charge is 0.408 e. The van der Waals surface area contributed by atoms with Gasteiger partial charge in [-0.05, 0) is 43.4 Å². The number of rotatable bonds is 5. The fraction of sp³-hybridized carbons (Fsp3) is 0.421. The Morgan fingerprint density at radius 1 is 1.26 bits per heavy atom. The van der Waals surface area contributed by atoms with Crippen LogP contribution >= 0.6 is 0 Å². The van der Waals surface area contributed by atoms with Crippen LogP contribution in [0.5, 0.6) is 0 Å². The molecule has 0 radical (unpaired) electrons. The molecule has 0 unspecified atom stereocenters. The molecule has 1 aliphatic heterocycles. The van der Waals surface area contributed by atoms with Gasteiger partial charge in [0.25, 0.3) is 0 Å². The van der Waals surface area contributed by atoms with Crippen LogP contribution in [-0.4, -0.2) is 39.1 Å². The van der Waals surface area contributed by atoms with Crippen molar-refractivity contribution < 1.29 is 9.57 Å². The van der Waals surface area contributed by atoms with Gasteiger partial charge in [0.1, 0.15) is 6.61 Å². The number of nitrogens with two attached hydrogens (primary N) is 1. The predicted octanol–water partition coefficient (Wildman–Crippen LogP) is 1.39. The van der Waals surface area contributed by atoms with Crippen LogP contribution in [0.4, 0.5) is 5.82 Å². The fourth-order valence-corrected chi connectivity index (χ4v) is 3.33. The van der Waals surface area contributed by atoms with E-state index < -0.39 is 0 Å². The van der Waals surface area contributed by atoms with Crippen LogP contribution in [0.3, 0.4) is 0 Å². The number of hydrogen-bond donors (Lipinski definition) is 1. The van der Waals surface area contributed by atoms with Crippen molar-refractivity contribution in [2.24, 2.45) is 5.92 Å². The van der Waals surface area contributed by atoms with Gasteiger partial charge in [-0.2, -0.15) is 0 Å². The number of anilines is 1. The topological polar surface area (TPSA) is 97.2 Å². The Labute approximate surface area is 156 Å². The minimum absolute atomic E-state index is 0.266. The monoisotopic (exact) mass is 369 g/mol. The molecule has 8 nitrogen and oxygen atoms in total. The summed E-state index contributed by atoms with van der Waals surface area (Å²) in [5, 5.41) is 0. The quantitative estimate of drug-likeness (QED) is 0.730. The van der Waals surface area contributed by atoms with Crippen molar-refractivity contribution in [2.75, 3.05) is 25.6 Å². The van der Waals surface area contributed by atoms with Crippen molar-refractivity contribution in [3.05, 3.63) is 52.3 Å². The molecular formula is C19H23N5O3. The van der Waals surface area contributed by atoms with E-state index in [0.29, 0.717) is 30.1 Å². The van der Waals surface area contributed by atoms with Crippen molar-refractivity contribution in [3.8, 4) is 0 Å². The molecule has 2 N–H and O–H groups in total. The minimum Gasteiger partial charge on any atom is -0.408 e. The van der Waals surface area contributed by atoms with Crippen molar-refractivity contribution in [3.63, 3.8) is 0 Å². The Bertz CT molecular complexity index is 987. The van der Waals surface area contributed by atoms with Gasteiger partial charge in [-0.1, -0.05) is 6.07 Å². The Hall–Kier alpha value is -2.87. The molecule has 27 heavy (non-hydrogen) atoms. The normalized spacial score (nSPS) is 15.3. The van der Waals surface area contributed by atoms with E-state index in [2.05, 4.69) is 9.97 Å². The number of aryl methyl sites for hydroxylation is 1. The molecule has 0 saturated carbocycles. The minimum atomic E-state index is -0.266. The first-order valence-corrected chi connectivity index (χ1v) is 9.12. The third kappa shape index (κ3) is 3.52. The van der Waals surface area contributed by atoms with Crippen molar-refractivity contribution in [1.82, 2.24) is 19.3 Å². The average Bonchev–Trinajstić information content (AvgIpc) is 2.95. The van der Waals surface area contributed by atoms with Gasteiger partial charge in [-0.3, -0.25) is 9.55 Å². The lowest BCUT2D eigenvalue weighted by atomic mass is 10.0. The fourth-order valence-electron chi connectivity index (χ4n) is 3.33. The highest BCUT2D eigenvalue weighted by Gasteiger charge is 2.20. The highest BCUT2D eigenvalue weighted by Crippen LogP contribution is 2.19. The maximum Gasteiger partial charge on any atom is 0.362 e. The van der Waals surface area contributed by atoms with Gasteiger partial charge in [0.05, 0.1) is 12.1 Å². The second kappa shape index (κ2) is 7.40. The first-order chi connectivity index (χ1) is 13.1. The predicted molar refractivity (Wildman–Crippen MR) is 101 cm³/mol. The van der Waals surface area contributed by atoms with E-state index in [-0.39, 0.29) is 11.5 Å². The maximum absolute atomic E-state index is 13.1. The summed E-state index contributed by atoms with van der Waals surface area (Å²) in [6.45, 7) is 4.23. The highest BCUT2D eigenvalue weighted by molar-refractivity contribution is 5.85. The lowest BCUT2D eigenvalue weighted by molar-refractivity contribution is 0.0150. The zero-order valence-corrected chi connectivity index (χ0v) is 15.3. The van der Waals surface area contributed by atoms with Crippen molar-refractivity contribution in [1.29, 1.82) is 0 Å². The second-order valence-corrected chi connectivity index (χ2v) is 6.89. The molecule has 1 aliphatic rings. The van der Waals surface area contributed by atoms with Gasteiger partial charge >= 0.3 is 5.69 Å². The average molecular weight is 369 g/mol. The summed E-state index contributed by atoms with van der Waals surface area (Å²) in [5.41, 5.74) is 8.87. The zero-order valence-electron chi connectivity index (χ0n) is 15.3. The van der Waals surface area contributed by atoms with Crippen LogP contribution in [0.1, 0.15) is 24.1 Å². The number of nitrogen functional groups attached to an aromatic ring is 1. The molecular weight excluding hydrogens is 346 g/mol. The van der Waals surface area contributed by atoms with Crippen LogP contribution in [0, 0.1) is 12.8 Å². The van der Waals surface area contributed by atoms with Gasteiger partial charge < -0.3 is 15.3 Å². The van der Waals surface area contributed by atoms with E-state index in [0.717, 1.165) is 37.3 Å². The number of hydrogen-bond acceptors (Lipinski definition) is 6. The van der Waals surface area contributed by atoms with E-state index in [9.17, 15) is 4.79 Å². The summed E-state index contributed by atoms with van der Waals surface area (Å²) < 4.78 is 8.31. The van der Waals surface area contributed by atoms with Crippen molar-refractivity contribution in [2.45, 2.75) is 26.3 Å². The first-order valence-electron chi connectivity index (χ1n) is 9.12. The smallest absolute Gasteiger partial charge is 0.362 e. The Kier molecular flexibility index (Phi) is 4.81. The summed E-state index contributed by atoms with van der Waals surface area (Å²) in [7, 11) is 0. The third-order valence-electron chi connectivity index (χ3n) is 4.92. The number of ether oxygens (including phenoxy) is 1. The van der Waals surface area contributed by atoms with Crippen LogP contribution in [0.25, 0.3) is 11.0 Å². The Morgan fingerprint density at radius 3 is 2.81 bits per heavy atom. The van der Waals surface area contributed by atoms with E-state index >= 15 is 0 Å². The molecule has 1 saturated heterocycles. The summed E-state index contributed by atoms with van der Waals surface area (Å²) in [5.74, 6) is 0.639. The van der Waals surface area contributed by atoms with Gasteiger partial charge in [-0.25, -0.2) is 9.78 Å². The van der Waals surface area contributed by atoms with Crippen LogP contribution in [0.15, 0.2) is 35.4 Å². The number of imidazole rings is 1. The molecule has 0 spiro atoms. The van der Waals surface area contributed by atoms with E-state index in [1.165, 1.54) is 4.73 Å². The molecule has 142 valence electrons. The molecule has 0 amide bonds. The van der Waals surface area contributed by atoms with Crippen LogP contribution in [-0.2, 0) is 11.3 Å². The van der Waals surface area contributed by atoms with E-state index in [1.807, 2.05) is 19.1 Å². The molecule has 0 aliphatic carbocycles. The van der Waals surface area contributed by atoms with E-state index in [1.54, 1.807) is 23.0 Å². The molecule has 3 aromatic heterocycles. The summed E-state index contributed by atoms with van der Waals surface area (Å²) >= 11 is 0. The third-order valence-corrected chi connectivity index (χ3v) is 4.92. The molecule has 4 rings (SSSR count). The molecule has 4 heterocycles. The molecule has 0 bridgehead atoms. The van der Waals surface area contributed by atoms with Gasteiger partial charge in [0, 0.05) is 31.3 Å². The zero-order chi connectivity index (χ0) is 18.8. The summed E-state index contributed by atoms with van der Waals surface area (Å²) in [6, 6.07) is 5.67. The van der Waals surface area contributed by atoms with Crippen LogP contribution < -0.4 is 16.3 Å². The number of nitrogens with zero attached hydrogens (tertiary/aromatic N) is 4. The van der Waals surface area contributed by atoms with Crippen LogP contribution in [0.2, 0.25) is 0 Å². The molecule has 1 fully saturated rings. The molecule has 0 aromatic carbocycles. The summed E-state index contributed by atoms with van der Waals surface area (Å²) in [4.78, 5) is 27.4. The standard InChI is InChI=1S/C19H23N5O3/c1-13-2-3-15(10-22-13)11-23-16-4-7-21-18(20)17(16)24(19(23)25)27-12-14-5-8-26-9-6-14/h2-4,7,10,14H,5-6,8-9,11-12H2,1H3,(H2,20,21). The lowest BCUT2D eigenvalue weighted by Gasteiger charge is -2.21. The Morgan fingerprint density at radius 2 is 2.07 bits per heavy atom. The molecule has 8 heteroatoms. The molecule has 3 aromatic rings. The first kappa shape index (κ1) is 17.5.